The molecule has 2 unspecified atom stereocenters. The summed E-state index contributed by atoms with van der Waals surface area (Å²) in [5.74, 6) is 0.215. The van der Waals surface area contributed by atoms with Gasteiger partial charge in [0.15, 0.2) is 5.54 Å². The third-order valence-electron chi connectivity index (χ3n) is 6.18. The predicted molar refractivity (Wildman–Crippen MR) is 120 cm³/mol. The molecular formula is C23H20ClN3OS. The summed E-state index contributed by atoms with van der Waals surface area (Å²) in [6.07, 6.45) is 0. The van der Waals surface area contributed by atoms with Gasteiger partial charge in [-0.2, -0.15) is 0 Å². The number of carbonyl (C=O) groups excluding carboxylic acids is 1. The van der Waals surface area contributed by atoms with Crippen LogP contribution in [-0.4, -0.2) is 17.4 Å². The van der Waals surface area contributed by atoms with Gasteiger partial charge in [0, 0.05) is 39.5 Å². The maximum absolute atomic E-state index is 13.4. The van der Waals surface area contributed by atoms with Crippen LogP contribution in [0.15, 0.2) is 60.0 Å². The van der Waals surface area contributed by atoms with Crippen molar-refractivity contribution in [2.75, 3.05) is 11.9 Å². The number of nitrogens with one attached hydrogen (secondary N) is 3. The van der Waals surface area contributed by atoms with Gasteiger partial charge in [-0.1, -0.05) is 42.5 Å². The van der Waals surface area contributed by atoms with Crippen LogP contribution in [0, 0.1) is 6.92 Å². The molecule has 2 aromatic heterocycles. The zero-order valence-electron chi connectivity index (χ0n) is 15.8. The van der Waals surface area contributed by atoms with E-state index in [0.29, 0.717) is 0 Å². The van der Waals surface area contributed by atoms with Crippen LogP contribution in [0.3, 0.4) is 0 Å². The number of benzene rings is 2. The topological polar surface area (TPSA) is 56.9 Å². The van der Waals surface area contributed by atoms with Gasteiger partial charge < -0.3 is 10.3 Å². The summed E-state index contributed by atoms with van der Waals surface area (Å²) in [6, 6.07) is 18.8. The van der Waals surface area contributed by atoms with E-state index in [9.17, 15) is 4.79 Å². The second kappa shape index (κ2) is 6.46. The van der Waals surface area contributed by atoms with Crippen LogP contribution < -0.4 is 10.6 Å². The molecular weight excluding hydrogens is 402 g/mol. The number of aromatic nitrogens is 1. The van der Waals surface area contributed by atoms with Crippen molar-refractivity contribution >= 4 is 46.2 Å². The van der Waals surface area contributed by atoms with Crippen molar-refractivity contribution in [3.63, 3.8) is 0 Å². The van der Waals surface area contributed by atoms with Crippen molar-refractivity contribution in [2.24, 2.45) is 0 Å². The lowest BCUT2D eigenvalue weighted by molar-refractivity contribution is -0.120. The number of halogens is 1. The molecule has 6 heteroatoms. The molecule has 0 radical (unpaired) electrons. The van der Waals surface area contributed by atoms with E-state index in [2.05, 4.69) is 57.4 Å². The highest BCUT2D eigenvalue weighted by atomic mass is 35.5. The van der Waals surface area contributed by atoms with E-state index >= 15 is 0 Å². The van der Waals surface area contributed by atoms with Gasteiger partial charge >= 0.3 is 0 Å². The molecule has 0 saturated carbocycles. The highest BCUT2D eigenvalue weighted by Gasteiger charge is 2.54. The molecule has 3 N–H and O–H groups in total. The first-order valence-corrected chi connectivity index (χ1v) is 10.4. The van der Waals surface area contributed by atoms with Gasteiger partial charge in [0.25, 0.3) is 5.91 Å². The van der Waals surface area contributed by atoms with Crippen molar-refractivity contribution in [3.05, 3.63) is 87.2 Å². The first kappa shape index (κ1) is 18.4. The highest BCUT2D eigenvalue weighted by molar-refractivity contribution is 7.10. The zero-order valence-corrected chi connectivity index (χ0v) is 17.4. The summed E-state index contributed by atoms with van der Waals surface area (Å²) in [4.78, 5) is 18.3. The Morgan fingerprint density at radius 1 is 1.07 bits per heavy atom. The molecule has 0 aliphatic carbocycles. The van der Waals surface area contributed by atoms with Crippen LogP contribution in [0.2, 0.25) is 0 Å². The van der Waals surface area contributed by atoms with Crippen LogP contribution in [0.1, 0.15) is 33.2 Å². The molecule has 2 aliphatic heterocycles. The van der Waals surface area contributed by atoms with Gasteiger partial charge in [-0.15, -0.1) is 23.7 Å². The SMILES string of the molecule is Cc1cccc2c1NC(=O)C21NCC(c2cccs2)c2c1[nH]c1ccccc21.Cl. The fourth-order valence-electron chi connectivity index (χ4n) is 4.90. The standard InChI is InChI=1S/C23H19N3OS.ClH/c1-13-6-4-8-16-20(13)26-22(27)23(16)21-19(14-7-2-3-9-17(14)25-21)15(12-24-23)18-10-5-11-28-18;/h2-11,15,24-25H,12H2,1H3,(H,26,27);1H. The van der Waals surface area contributed by atoms with Crippen molar-refractivity contribution in [3.8, 4) is 0 Å². The van der Waals surface area contributed by atoms with Gasteiger partial charge in [-0.25, -0.2) is 0 Å². The third kappa shape index (κ3) is 2.32. The zero-order chi connectivity index (χ0) is 18.9. The Morgan fingerprint density at radius 3 is 2.76 bits per heavy atom. The minimum Gasteiger partial charge on any atom is -0.356 e. The Hall–Kier alpha value is -2.60. The number of rotatable bonds is 1. The monoisotopic (exact) mass is 421 g/mol. The molecule has 4 heterocycles. The van der Waals surface area contributed by atoms with Crippen LogP contribution in [0.25, 0.3) is 10.9 Å². The first-order valence-electron chi connectivity index (χ1n) is 9.51. The smallest absolute Gasteiger partial charge is 0.255 e. The number of aryl methyl sites for hydroxylation is 1. The second-order valence-electron chi connectivity index (χ2n) is 7.61. The van der Waals surface area contributed by atoms with E-state index in [4.69, 9.17) is 0 Å². The lowest BCUT2D eigenvalue weighted by atomic mass is 9.77. The van der Waals surface area contributed by atoms with Crippen LogP contribution in [-0.2, 0) is 10.3 Å². The van der Waals surface area contributed by atoms with Gasteiger partial charge in [-0.05, 0) is 35.6 Å². The molecule has 146 valence electrons. The summed E-state index contributed by atoms with van der Waals surface area (Å²) < 4.78 is 0. The molecule has 1 spiro atoms. The number of hydrogen-bond acceptors (Lipinski definition) is 3. The number of H-pyrrole nitrogens is 1. The molecule has 2 aromatic carbocycles. The number of anilines is 1. The van der Waals surface area contributed by atoms with Crippen LogP contribution in [0.5, 0.6) is 0 Å². The molecule has 6 rings (SSSR count). The highest BCUT2D eigenvalue weighted by Crippen LogP contribution is 2.50. The van der Waals surface area contributed by atoms with E-state index in [1.165, 1.54) is 15.8 Å². The molecule has 0 bridgehead atoms. The second-order valence-corrected chi connectivity index (χ2v) is 8.59. The molecule has 4 aromatic rings. The largest absolute Gasteiger partial charge is 0.356 e. The Bertz CT molecular complexity index is 1250. The normalized spacial score (nSPS) is 22.2. The molecule has 1 amide bonds. The molecule has 0 fully saturated rings. The van der Waals surface area contributed by atoms with Crippen LogP contribution >= 0.6 is 23.7 Å². The lowest BCUT2D eigenvalue weighted by Gasteiger charge is -2.37. The fourth-order valence-corrected chi connectivity index (χ4v) is 5.74. The maximum Gasteiger partial charge on any atom is 0.255 e. The van der Waals surface area contributed by atoms with Gasteiger partial charge in [-0.3, -0.25) is 10.1 Å². The average molecular weight is 422 g/mol. The minimum absolute atomic E-state index is 0. The summed E-state index contributed by atoms with van der Waals surface area (Å²) in [5, 5.41) is 10.1. The van der Waals surface area contributed by atoms with E-state index in [0.717, 1.165) is 34.6 Å². The van der Waals surface area contributed by atoms with Gasteiger partial charge in [0.1, 0.15) is 0 Å². The Kier molecular flexibility index (Phi) is 4.10. The van der Waals surface area contributed by atoms with Gasteiger partial charge in [0.2, 0.25) is 0 Å². The summed E-state index contributed by atoms with van der Waals surface area (Å²) in [7, 11) is 0. The maximum atomic E-state index is 13.4. The van der Waals surface area contributed by atoms with E-state index in [-0.39, 0.29) is 24.2 Å². The first-order chi connectivity index (χ1) is 13.7. The number of amides is 1. The quantitative estimate of drug-likeness (QED) is 0.410. The summed E-state index contributed by atoms with van der Waals surface area (Å²) in [5.41, 5.74) is 5.44. The fraction of sp³-hybridized carbons (Fsp3) is 0.174. The number of aromatic amines is 1. The van der Waals surface area contributed by atoms with E-state index in [1.807, 2.05) is 25.1 Å². The number of thiophene rings is 1. The van der Waals surface area contributed by atoms with Crippen molar-refractivity contribution in [1.82, 2.24) is 10.3 Å². The lowest BCUT2D eigenvalue weighted by Crippen LogP contribution is -2.54. The van der Waals surface area contributed by atoms with Crippen molar-refractivity contribution in [2.45, 2.75) is 18.4 Å². The van der Waals surface area contributed by atoms with Gasteiger partial charge in [0.05, 0.1) is 5.69 Å². The Morgan fingerprint density at radius 2 is 1.93 bits per heavy atom. The molecule has 29 heavy (non-hydrogen) atoms. The van der Waals surface area contributed by atoms with Crippen molar-refractivity contribution < 1.29 is 4.79 Å². The number of fused-ring (bicyclic) bond motifs is 6. The van der Waals surface area contributed by atoms with E-state index < -0.39 is 5.54 Å². The average Bonchev–Trinajstić information content (AvgIpc) is 3.42. The van der Waals surface area contributed by atoms with E-state index in [1.54, 1.807) is 11.3 Å². The number of para-hydroxylation sites is 2. The minimum atomic E-state index is -0.872. The third-order valence-corrected chi connectivity index (χ3v) is 7.17. The molecule has 0 saturated heterocycles. The molecule has 2 atom stereocenters. The van der Waals surface area contributed by atoms with Crippen molar-refractivity contribution in [1.29, 1.82) is 0 Å². The summed E-state index contributed by atoms with van der Waals surface area (Å²) in [6.45, 7) is 2.76. The number of hydrogen-bond donors (Lipinski definition) is 3. The van der Waals surface area contributed by atoms with Crippen LogP contribution in [0.4, 0.5) is 5.69 Å². The Balaban J connectivity index is 0.00000181. The Labute approximate surface area is 178 Å². The molecule has 2 aliphatic rings. The summed E-state index contributed by atoms with van der Waals surface area (Å²) >= 11 is 1.77. The molecule has 4 nitrogen and oxygen atoms in total. The number of carbonyl (C=O) groups is 1. The predicted octanol–water partition coefficient (Wildman–Crippen LogP) is 4.89.